The largest absolute Gasteiger partial charge is 0.457 e. The molecule has 7 heteroatoms. The number of allylic oxidation sites excluding steroid dienone is 1. The summed E-state index contributed by atoms with van der Waals surface area (Å²) in [5, 5.41) is 9.66. The Labute approximate surface area is 183 Å². The van der Waals surface area contributed by atoms with E-state index in [0.29, 0.717) is 46.2 Å². The minimum atomic E-state index is -0.298. The Hall–Kier alpha value is -4.44. The summed E-state index contributed by atoms with van der Waals surface area (Å²) < 4.78 is 5.91. The molecule has 0 atom stereocenters. The highest BCUT2D eigenvalue weighted by molar-refractivity contribution is 6.21. The Morgan fingerprint density at radius 3 is 2.72 bits per heavy atom. The second-order valence-electron chi connectivity index (χ2n) is 7.59. The average Bonchev–Trinajstić information content (AvgIpc) is 3.48. The third kappa shape index (κ3) is 3.10. The highest BCUT2D eigenvalue weighted by Gasteiger charge is 2.34. The molecule has 0 spiro atoms. The maximum absolute atomic E-state index is 12.5. The maximum Gasteiger partial charge on any atom is 0.261 e. The number of fused-ring (bicyclic) bond motifs is 2. The van der Waals surface area contributed by atoms with Crippen molar-refractivity contribution in [3.05, 3.63) is 76.8 Å². The van der Waals surface area contributed by atoms with Crippen LogP contribution in [0, 0.1) is 18.3 Å². The molecular weight excluding hydrogens is 404 g/mol. The van der Waals surface area contributed by atoms with Gasteiger partial charge in [0.25, 0.3) is 11.8 Å². The Bertz CT molecular complexity index is 1480. The minimum Gasteiger partial charge on any atom is -0.457 e. The van der Waals surface area contributed by atoms with Crippen LogP contribution in [-0.4, -0.2) is 33.2 Å². The van der Waals surface area contributed by atoms with Crippen LogP contribution in [0.1, 0.15) is 44.8 Å². The summed E-state index contributed by atoms with van der Waals surface area (Å²) in [6.45, 7) is 4.09. The lowest BCUT2D eigenvalue weighted by atomic mass is 10.0. The van der Waals surface area contributed by atoms with Crippen LogP contribution in [0.3, 0.4) is 0 Å². The van der Waals surface area contributed by atoms with Crippen molar-refractivity contribution in [2.24, 2.45) is 0 Å². The van der Waals surface area contributed by atoms with Gasteiger partial charge >= 0.3 is 0 Å². The molecule has 1 aliphatic rings. The maximum atomic E-state index is 12.5. The van der Waals surface area contributed by atoms with Crippen molar-refractivity contribution in [3.8, 4) is 17.4 Å². The minimum absolute atomic E-state index is 0.276. The molecule has 156 valence electrons. The molecule has 7 nitrogen and oxygen atoms in total. The van der Waals surface area contributed by atoms with Gasteiger partial charge in [0.1, 0.15) is 23.4 Å². The number of carbonyl (C=O) groups is 2. The molecule has 5 rings (SSSR count). The fraction of sp³-hybridized carbons (Fsp3) is 0.120. The number of furan rings is 1. The standard InChI is InChI=1S/C25H18N4O3/c1-3-29-24(30)18-7-5-15(12-19(18)25(29)31)22-9-6-17(32-22)11-16(13-26)23-27-20-8-4-14(2)10-21(20)28-23/h4-12H,3H2,1-2H3,(H,27,28)/b16-11-. The molecule has 0 unspecified atom stereocenters. The predicted molar refractivity (Wildman–Crippen MR) is 119 cm³/mol. The number of amides is 2. The SMILES string of the molecule is CCN1C(=O)c2ccc(-c3ccc(/C=C(/C#N)c4nc5ccc(C)cc5[nH]4)o3)cc2C1=O. The molecule has 2 aromatic heterocycles. The number of hydrogen-bond acceptors (Lipinski definition) is 5. The lowest BCUT2D eigenvalue weighted by Crippen LogP contribution is -2.29. The van der Waals surface area contributed by atoms with Crippen molar-refractivity contribution < 1.29 is 14.0 Å². The van der Waals surface area contributed by atoms with Gasteiger partial charge in [-0.05, 0) is 55.8 Å². The van der Waals surface area contributed by atoms with Crippen molar-refractivity contribution in [1.29, 1.82) is 5.26 Å². The summed E-state index contributed by atoms with van der Waals surface area (Å²) in [4.78, 5) is 33.7. The normalized spacial score (nSPS) is 13.7. The van der Waals surface area contributed by atoms with Crippen LogP contribution in [0.2, 0.25) is 0 Å². The quantitative estimate of drug-likeness (QED) is 0.375. The van der Waals surface area contributed by atoms with Gasteiger partial charge in [0, 0.05) is 18.2 Å². The topological polar surface area (TPSA) is 103 Å². The molecule has 0 fully saturated rings. The molecule has 4 aromatic rings. The zero-order valence-electron chi connectivity index (χ0n) is 17.5. The van der Waals surface area contributed by atoms with Crippen LogP contribution in [0.4, 0.5) is 0 Å². The molecular formula is C25H18N4O3. The van der Waals surface area contributed by atoms with Crippen LogP contribution in [-0.2, 0) is 0 Å². The van der Waals surface area contributed by atoms with E-state index in [0.717, 1.165) is 16.6 Å². The Morgan fingerprint density at radius 1 is 1.12 bits per heavy atom. The fourth-order valence-corrected chi connectivity index (χ4v) is 3.86. The molecule has 32 heavy (non-hydrogen) atoms. The second-order valence-corrected chi connectivity index (χ2v) is 7.59. The summed E-state index contributed by atoms with van der Waals surface area (Å²) in [7, 11) is 0. The highest BCUT2D eigenvalue weighted by Crippen LogP contribution is 2.30. The van der Waals surface area contributed by atoms with E-state index in [2.05, 4.69) is 16.0 Å². The molecule has 1 aliphatic heterocycles. The number of benzene rings is 2. The highest BCUT2D eigenvalue weighted by atomic mass is 16.3. The van der Waals surface area contributed by atoms with Crippen molar-refractivity contribution >= 4 is 34.5 Å². The number of aryl methyl sites for hydroxylation is 1. The third-order valence-electron chi connectivity index (χ3n) is 5.50. The number of carbonyl (C=O) groups excluding carboxylic acids is 2. The summed E-state index contributed by atoms with van der Waals surface area (Å²) in [5.74, 6) is 0.903. The predicted octanol–water partition coefficient (Wildman–Crippen LogP) is 4.81. The molecule has 3 heterocycles. The van der Waals surface area contributed by atoms with Gasteiger partial charge in [0.05, 0.1) is 27.7 Å². The number of nitrogens with zero attached hydrogens (tertiary/aromatic N) is 3. The number of H-pyrrole nitrogens is 1. The van der Waals surface area contributed by atoms with Crippen molar-refractivity contribution in [1.82, 2.24) is 14.9 Å². The van der Waals surface area contributed by atoms with Gasteiger partial charge in [-0.3, -0.25) is 14.5 Å². The van der Waals surface area contributed by atoms with E-state index in [1.165, 1.54) is 4.90 Å². The van der Waals surface area contributed by atoms with Crippen molar-refractivity contribution in [3.63, 3.8) is 0 Å². The number of rotatable bonds is 4. The zero-order valence-corrected chi connectivity index (χ0v) is 17.5. The number of imide groups is 1. The van der Waals surface area contributed by atoms with Gasteiger partial charge in [-0.1, -0.05) is 12.1 Å². The lowest BCUT2D eigenvalue weighted by Gasteiger charge is -2.08. The first-order valence-electron chi connectivity index (χ1n) is 10.2. The van der Waals surface area contributed by atoms with Gasteiger partial charge < -0.3 is 9.40 Å². The van der Waals surface area contributed by atoms with E-state index in [1.54, 1.807) is 43.3 Å². The summed E-state index contributed by atoms with van der Waals surface area (Å²) in [5.41, 5.74) is 4.54. The number of nitrogens with one attached hydrogen (secondary N) is 1. The molecule has 0 bridgehead atoms. The number of hydrogen-bond donors (Lipinski definition) is 1. The summed E-state index contributed by atoms with van der Waals surface area (Å²) >= 11 is 0. The first-order valence-corrected chi connectivity index (χ1v) is 10.2. The first-order chi connectivity index (χ1) is 15.5. The summed E-state index contributed by atoms with van der Waals surface area (Å²) in [6, 6.07) is 16.6. The second kappa shape index (κ2) is 7.36. The number of imidazole rings is 1. The Morgan fingerprint density at radius 2 is 1.94 bits per heavy atom. The lowest BCUT2D eigenvalue weighted by molar-refractivity contribution is 0.0663. The Kier molecular flexibility index (Phi) is 4.49. The number of aromatic amines is 1. The molecule has 1 N–H and O–H groups in total. The molecule has 0 aliphatic carbocycles. The van der Waals surface area contributed by atoms with Crippen molar-refractivity contribution in [2.45, 2.75) is 13.8 Å². The van der Waals surface area contributed by atoms with E-state index in [9.17, 15) is 14.9 Å². The van der Waals surface area contributed by atoms with Gasteiger partial charge in [-0.15, -0.1) is 0 Å². The fourth-order valence-electron chi connectivity index (χ4n) is 3.86. The van der Waals surface area contributed by atoms with Crippen LogP contribution >= 0.6 is 0 Å². The van der Waals surface area contributed by atoms with Crippen LogP contribution in [0.25, 0.3) is 34.0 Å². The molecule has 0 saturated heterocycles. The van der Waals surface area contributed by atoms with E-state index in [1.807, 2.05) is 25.1 Å². The molecule has 0 saturated carbocycles. The van der Waals surface area contributed by atoms with Crippen LogP contribution in [0.15, 0.2) is 52.9 Å². The monoisotopic (exact) mass is 422 g/mol. The van der Waals surface area contributed by atoms with E-state index in [4.69, 9.17) is 4.42 Å². The number of aromatic nitrogens is 2. The average molecular weight is 422 g/mol. The van der Waals surface area contributed by atoms with E-state index >= 15 is 0 Å². The smallest absolute Gasteiger partial charge is 0.261 e. The van der Waals surface area contributed by atoms with E-state index in [-0.39, 0.29) is 11.8 Å². The van der Waals surface area contributed by atoms with Crippen LogP contribution in [0.5, 0.6) is 0 Å². The van der Waals surface area contributed by atoms with Crippen molar-refractivity contribution in [2.75, 3.05) is 6.54 Å². The number of nitriles is 1. The van der Waals surface area contributed by atoms with Gasteiger partial charge in [-0.2, -0.15) is 5.26 Å². The zero-order chi connectivity index (χ0) is 22.4. The third-order valence-corrected chi connectivity index (χ3v) is 5.50. The molecule has 0 radical (unpaired) electrons. The molecule has 2 amide bonds. The molecule has 2 aromatic carbocycles. The summed E-state index contributed by atoms with van der Waals surface area (Å²) in [6.07, 6.45) is 1.62. The van der Waals surface area contributed by atoms with Gasteiger partial charge in [0.2, 0.25) is 0 Å². The van der Waals surface area contributed by atoms with Crippen LogP contribution < -0.4 is 0 Å². The van der Waals surface area contributed by atoms with Gasteiger partial charge in [0.15, 0.2) is 0 Å². The first kappa shape index (κ1) is 19.5. The van der Waals surface area contributed by atoms with Gasteiger partial charge in [-0.25, -0.2) is 4.98 Å². The Balaban J connectivity index is 1.48. The van der Waals surface area contributed by atoms with E-state index < -0.39 is 0 Å².